The summed E-state index contributed by atoms with van der Waals surface area (Å²) >= 11 is 0. The Kier molecular flexibility index (Phi) is 12.9. The first-order valence-electron chi connectivity index (χ1n) is 6.95. The van der Waals surface area contributed by atoms with E-state index in [0.717, 1.165) is 32.3 Å². The zero-order valence-corrected chi connectivity index (χ0v) is 12.7. The molecule has 5 heteroatoms. The minimum atomic E-state index is -1.68. The van der Waals surface area contributed by atoms with Crippen molar-refractivity contribution in [2.24, 2.45) is 0 Å². The van der Waals surface area contributed by atoms with E-state index in [9.17, 15) is 9.36 Å². The third-order valence-electron chi connectivity index (χ3n) is 2.54. The Morgan fingerprint density at radius 2 is 1.67 bits per heavy atom. The Labute approximate surface area is 111 Å². The molecule has 0 saturated heterocycles. The van der Waals surface area contributed by atoms with Crippen LogP contribution in [0.2, 0.25) is 0 Å². The van der Waals surface area contributed by atoms with E-state index >= 15 is 0 Å². The van der Waals surface area contributed by atoms with Crippen LogP contribution in [-0.4, -0.2) is 38.1 Å². The maximum atomic E-state index is 11.6. The lowest BCUT2D eigenvalue weighted by Gasteiger charge is -2.05. The Balaban J connectivity index is 3.37. The molecule has 18 heavy (non-hydrogen) atoms. The first-order chi connectivity index (χ1) is 8.70. The van der Waals surface area contributed by atoms with Crippen LogP contribution >= 0.6 is 7.80 Å². The molecule has 0 aromatic carbocycles. The third-order valence-corrected chi connectivity index (χ3v) is 4.11. The maximum Gasteiger partial charge on any atom is 0.306 e. The molecule has 0 rings (SSSR count). The molecule has 108 valence electrons. The van der Waals surface area contributed by atoms with E-state index in [-0.39, 0.29) is 12.4 Å². The summed E-state index contributed by atoms with van der Waals surface area (Å²) in [7, 11) is -1.68. The number of carbonyl (C=O) groups excluding carboxylic acids is 1. The molecule has 0 bridgehead atoms. The summed E-state index contributed by atoms with van der Waals surface area (Å²) in [6.07, 6.45) is 5.37. The molecule has 0 fully saturated rings. The molecule has 1 unspecified atom stereocenters. The maximum absolute atomic E-state index is 11.6. The van der Waals surface area contributed by atoms with E-state index in [2.05, 4.69) is 6.92 Å². The summed E-state index contributed by atoms with van der Waals surface area (Å²) in [5.74, 6) is -0.228. The first-order valence-corrected chi connectivity index (χ1v) is 8.78. The molecule has 1 atom stereocenters. The van der Waals surface area contributed by atoms with E-state index in [1.54, 1.807) is 0 Å². The highest BCUT2D eigenvalue weighted by Crippen LogP contribution is 2.21. The van der Waals surface area contributed by atoms with Crippen LogP contribution in [0.3, 0.4) is 0 Å². The van der Waals surface area contributed by atoms with Crippen LogP contribution < -0.4 is 0 Å². The van der Waals surface area contributed by atoms with E-state index < -0.39 is 7.80 Å². The van der Waals surface area contributed by atoms with Gasteiger partial charge in [-0.2, -0.15) is 0 Å². The van der Waals surface area contributed by atoms with Crippen LogP contribution in [0.5, 0.6) is 0 Å². The van der Waals surface area contributed by atoms with Gasteiger partial charge in [-0.3, -0.25) is 4.79 Å². The molecule has 0 aliphatic rings. The van der Waals surface area contributed by atoms with Crippen molar-refractivity contribution >= 4 is 13.8 Å². The Morgan fingerprint density at radius 3 is 2.33 bits per heavy atom. The average Bonchev–Trinajstić information content (AvgIpc) is 2.36. The van der Waals surface area contributed by atoms with E-state index in [0.29, 0.717) is 25.5 Å². The van der Waals surface area contributed by atoms with Crippen LogP contribution in [0.15, 0.2) is 0 Å². The van der Waals surface area contributed by atoms with Gasteiger partial charge < -0.3 is 14.0 Å². The van der Waals surface area contributed by atoms with Gasteiger partial charge in [0.15, 0.2) is 0 Å². The van der Waals surface area contributed by atoms with Crippen LogP contribution in [0.25, 0.3) is 0 Å². The molecular formula is C13H27O4P. The predicted octanol–water partition coefficient (Wildman–Crippen LogP) is 3.10. The highest BCUT2D eigenvalue weighted by molar-refractivity contribution is 7.44. The van der Waals surface area contributed by atoms with Gasteiger partial charge in [0.1, 0.15) is 0 Å². The van der Waals surface area contributed by atoms with Gasteiger partial charge in [0.05, 0.1) is 27.4 Å². The average molecular weight is 278 g/mol. The number of hydrogen-bond acceptors (Lipinski definition) is 4. The third kappa shape index (κ3) is 12.1. The van der Waals surface area contributed by atoms with Crippen molar-refractivity contribution in [3.8, 4) is 0 Å². The van der Waals surface area contributed by atoms with Crippen molar-refractivity contribution in [1.29, 1.82) is 0 Å². The van der Waals surface area contributed by atoms with Gasteiger partial charge in [-0.25, -0.2) is 0 Å². The molecule has 0 aliphatic carbocycles. The fraction of sp³-hybridized carbons (Fsp3) is 0.923. The summed E-state index contributed by atoms with van der Waals surface area (Å²) in [6, 6.07) is 0. The second-order valence-electron chi connectivity index (χ2n) is 4.33. The minimum Gasteiger partial charge on any atom is -0.466 e. The number of esters is 1. The van der Waals surface area contributed by atoms with E-state index in [4.69, 9.17) is 9.47 Å². The lowest BCUT2D eigenvalue weighted by atomic mass is 10.4. The van der Waals surface area contributed by atoms with Gasteiger partial charge in [0.2, 0.25) is 0 Å². The lowest BCUT2D eigenvalue weighted by molar-refractivity contribution is -0.143. The van der Waals surface area contributed by atoms with Gasteiger partial charge >= 0.3 is 5.97 Å². The number of hydrogen-bond donors (Lipinski definition) is 0. The fourth-order valence-electron chi connectivity index (χ4n) is 1.30. The van der Waals surface area contributed by atoms with Gasteiger partial charge in [-0.15, -0.1) is 0 Å². The van der Waals surface area contributed by atoms with Crippen LogP contribution in [-0.2, 0) is 18.8 Å². The van der Waals surface area contributed by atoms with Crippen molar-refractivity contribution in [1.82, 2.24) is 0 Å². The Bertz CT molecular complexity index is 231. The molecule has 0 radical (unpaired) electrons. The first kappa shape index (κ1) is 17.7. The fourth-order valence-corrected chi connectivity index (χ4v) is 2.41. The Morgan fingerprint density at radius 1 is 1.00 bits per heavy atom. The monoisotopic (exact) mass is 278 g/mol. The molecule has 0 aliphatic heterocycles. The van der Waals surface area contributed by atoms with E-state index in [1.807, 2.05) is 6.92 Å². The van der Waals surface area contributed by atoms with Crippen molar-refractivity contribution in [2.45, 2.75) is 46.0 Å². The van der Waals surface area contributed by atoms with Gasteiger partial charge in [-0.1, -0.05) is 26.7 Å². The molecule has 0 aromatic heterocycles. The summed E-state index contributed by atoms with van der Waals surface area (Å²) in [5.41, 5.74) is 0. The normalized spacial score (nSPS) is 12.3. The molecule has 0 spiro atoms. The van der Waals surface area contributed by atoms with Gasteiger partial charge in [0, 0.05) is 18.9 Å². The van der Waals surface area contributed by atoms with Gasteiger partial charge in [0.25, 0.3) is 0 Å². The summed E-state index contributed by atoms with van der Waals surface area (Å²) < 4.78 is 21.9. The zero-order chi connectivity index (χ0) is 13.6. The second-order valence-corrected chi connectivity index (χ2v) is 6.41. The number of rotatable bonds is 12. The molecule has 0 heterocycles. The largest absolute Gasteiger partial charge is 0.466 e. The molecular weight excluding hydrogens is 251 g/mol. The van der Waals surface area contributed by atoms with Crippen LogP contribution in [0.1, 0.15) is 46.0 Å². The van der Waals surface area contributed by atoms with Crippen LogP contribution in [0, 0.1) is 0 Å². The molecule has 0 saturated carbocycles. The van der Waals surface area contributed by atoms with Crippen molar-refractivity contribution in [2.75, 3.05) is 32.1 Å². The lowest BCUT2D eigenvalue weighted by Crippen LogP contribution is -2.07. The number of unbranched alkanes of at least 4 members (excludes halogenated alkanes) is 2. The number of ether oxygens (including phenoxy) is 2. The Hall–Kier alpha value is -0.340. The van der Waals surface area contributed by atoms with Gasteiger partial charge in [-0.05, 0) is 12.8 Å². The SMILES string of the molecule is CCCCOCC[PH](=O)CCC(=O)OCCCC. The predicted molar refractivity (Wildman–Crippen MR) is 74.9 cm³/mol. The second kappa shape index (κ2) is 13.1. The molecule has 0 amide bonds. The van der Waals surface area contributed by atoms with Crippen LogP contribution in [0.4, 0.5) is 0 Å². The molecule has 0 aromatic rings. The van der Waals surface area contributed by atoms with Crippen molar-refractivity contribution in [3.63, 3.8) is 0 Å². The highest BCUT2D eigenvalue weighted by atomic mass is 31.1. The summed E-state index contributed by atoms with van der Waals surface area (Å²) in [6.45, 7) is 5.92. The van der Waals surface area contributed by atoms with Crippen molar-refractivity contribution < 1.29 is 18.8 Å². The van der Waals surface area contributed by atoms with E-state index in [1.165, 1.54) is 0 Å². The smallest absolute Gasteiger partial charge is 0.306 e. The zero-order valence-electron chi connectivity index (χ0n) is 11.7. The quantitative estimate of drug-likeness (QED) is 0.313. The summed E-state index contributed by atoms with van der Waals surface area (Å²) in [5, 5.41) is 0. The molecule has 0 N–H and O–H groups in total. The highest BCUT2D eigenvalue weighted by Gasteiger charge is 2.06. The standard InChI is InChI=1S/C13H27O4P/c1-3-5-8-16-10-12-18(15)11-7-13(14)17-9-6-4-2/h18H,3-12H2,1-2H3. The topological polar surface area (TPSA) is 52.6 Å². The summed E-state index contributed by atoms with van der Waals surface area (Å²) in [4.78, 5) is 11.3. The number of carbonyl (C=O) groups is 1. The molecule has 4 nitrogen and oxygen atoms in total. The van der Waals surface area contributed by atoms with Crippen molar-refractivity contribution in [3.05, 3.63) is 0 Å². The minimum absolute atomic E-state index is 0.228.